The number of anilines is 1. The van der Waals surface area contributed by atoms with Gasteiger partial charge in [-0.3, -0.25) is 4.79 Å². The standard InChI is InChI=1S/C19H23N3O3/c23-19(13-14-6-7-16-17(12-14)25-11-10-24-16)21-18-8-9-20-22(18)15-4-2-1-3-5-15/h6-9,12,15H,1-5,10-11,13H2,(H,21,23). The summed E-state index contributed by atoms with van der Waals surface area (Å²) in [7, 11) is 0. The number of rotatable bonds is 4. The fraction of sp³-hybridized carbons (Fsp3) is 0.474. The summed E-state index contributed by atoms with van der Waals surface area (Å²) in [5.41, 5.74) is 0.908. The van der Waals surface area contributed by atoms with Gasteiger partial charge in [-0.25, -0.2) is 4.68 Å². The fourth-order valence-electron chi connectivity index (χ4n) is 3.60. The molecule has 4 rings (SSSR count). The number of ether oxygens (including phenoxy) is 2. The number of amides is 1. The lowest BCUT2D eigenvalue weighted by atomic mass is 9.96. The van der Waals surface area contributed by atoms with Crippen LogP contribution in [0, 0.1) is 0 Å². The van der Waals surface area contributed by atoms with Gasteiger partial charge in [-0.1, -0.05) is 25.3 Å². The summed E-state index contributed by atoms with van der Waals surface area (Å²) in [5.74, 6) is 2.19. The number of benzene rings is 1. The normalized spacial score (nSPS) is 17.3. The first-order chi connectivity index (χ1) is 12.3. The molecule has 1 saturated carbocycles. The topological polar surface area (TPSA) is 65.4 Å². The van der Waals surface area contributed by atoms with E-state index in [1.54, 1.807) is 6.20 Å². The predicted molar refractivity (Wildman–Crippen MR) is 94.1 cm³/mol. The van der Waals surface area contributed by atoms with Crippen LogP contribution in [0.15, 0.2) is 30.5 Å². The Bertz CT molecular complexity index is 750. The van der Waals surface area contributed by atoms with Crippen molar-refractivity contribution < 1.29 is 14.3 Å². The molecular formula is C19H23N3O3. The summed E-state index contributed by atoms with van der Waals surface area (Å²) >= 11 is 0. The largest absolute Gasteiger partial charge is 0.486 e. The second-order valence-electron chi connectivity index (χ2n) is 6.66. The molecule has 1 N–H and O–H groups in total. The van der Waals surface area contributed by atoms with Crippen LogP contribution >= 0.6 is 0 Å². The first kappa shape index (κ1) is 16.0. The molecule has 1 amide bonds. The fourth-order valence-corrected chi connectivity index (χ4v) is 3.60. The Balaban J connectivity index is 1.42. The van der Waals surface area contributed by atoms with Gasteiger partial charge in [0.25, 0.3) is 0 Å². The van der Waals surface area contributed by atoms with E-state index in [4.69, 9.17) is 9.47 Å². The van der Waals surface area contributed by atoms with Crippen molar-refractivity contribution in [3.05, 3.63) is 36.0 Å². The molecule has 0 unspecified atom stereocenters. The van der Waals surface area contributed by atoms with E-state index < -0.39 is 0 Å². The molecule has 2 aliphatic rings. The molecule has 1 aliphatic carbocycles. The monoisotopic (exact) mass is 341 g/mol. The highest BCUT2D eigenvalue weighted by Crippen LogP contribution is 2.31. The van der Waals surface area contributed by atoms with Crippen LogP contribution in [0.25, 0.3) is 0 Å². The van der Waals surface area contributed by atoms with Crippen LogP contribution in [-0.4, -0.2) is 28.9 Å². The zero-order valence-corrected chi connectivity index (χ0v) is 14.2. The second kappa shape index (κ2) is 7.17. The smallest absolute Gasteiger partial charge is 0.229 e. The molecule has 1 aromatic carbocycles. The van der Waals surface area contributed by atoms with Gasteiger partial charge in [0.1, 0.15) is 19.0 Å². The molecule has 6 nitrogen and oxygen atoms in total. The maximum Gasteiger partial charge on any atom is 0.229 e. The Morgan fingerprint density at radius 1 is 1.12 bits per heavy atom. The summed E-state index contributed by atoms with van der Waals surface area (Å²) < 4.78 is 13.1. The summed E-state index contributed by atoms with van der Waals surface area (Å²) in [5, 5.41) is 7.43. The van der Waals surface area contributed by atoms with Gasteiger partial charge in [0.05, 0.1) is 18.7 Å². The Morgan fingerprint density at radius 2 is 1.92 bits per heavy atom. The van der Waals surface area contributed by atoms with E-state index in [2.05, 4.69) is 10.4 Å². The first-order valence-corrected chi connectivity index (χ1v) is 9.01. The molecule has 25 heavy (non-hydrogen) atoms. The van der Waals surface area contributed by atoms with E-state index in [1.165, 1.54) is 19.3 Å². The maximum atomic E-state index is 12.5. The molecule has 0 radical (unpaired) electrons. The Hall–Kier alpha value is -2.50. The maximum absolute atomic E-state index is 12.5. The van der Waals surface area contributed by atoms with Crippen LogP contribution in [-0.2, 0) is 11.2 Å². The van der Waals surface area contributed by atoms with E-state index >= 15 is 0 Å². The molecule has 2 aromatic rings. The Morgan fingerprint density at radius 3 is 2.76 bits per heavy atom. The molecule has 0 atom stereocenters. The minimum Gasteiger partial charge on any atom is -0.486 e. The van der Waals surface area contributed by atoms with E-state index in [0.29, 0.717) is 31.4 Å². The first-order valence-electron chi connectivity index (χ1n) is 9.01. The van der Waals surface area contributed by atoms with Crippen molar-refractivity contribution >= 4 is 11.7 Å². The van der Waals surface area contributed by atoms with Crippen LogP contribution in [0.4, 0.5) is 5.82 Å². The van der Waals surface area contributed by atoms with Crippen LogP contribution in [0.3, 0.4) is 0 Å². The van der Waals surface area contributed by atoms with E-state index in [-0.39, 0.29) is 5.91 Å². The number of hydrogen-bond acceptors (Lipinski definition) is 4. The molecule has 6 heteroatoms. The average Bonchev–Trinajstić information content (AvgIpc) is 3.10. The van der Waals surface area contributed by atoms with Crippen molar-refractivity contribution in [3.63, 3.8) is 0 Å². The van der Waals surface area contributed by atoms with Gasteiger partial charge >= 0.3 is 0 Å². The molecule has 0 bridgehead atoms. The van der Waals surface area contributed by atoms with Crippen molar-refractivity contribution in [2.45, 2.75) is 44.6 Å². The minimum absolute atomic E-state index is 0.0470. The van der Waals surface area contributed by atoms with Crippen LogP contribution in [0.5, 0.6) is 11.5 Å². The molecule has 1 fully saturated rings. The molecule has 0 spiro atoms. The van der Waals surface area contributed by atoms with Crippen LogP contribution in [0.2, 0.25) is 0 Å². The number of fused-ring (bicyclic) bond motifs is 1. The van der Waals surface area contributed by atoms with E-state index in [0.717, 1.165) is 30.0 Å². The SMILES string of the molecule is O=C(Cc1ccc2c(c1)OCCO2)Nc1ccnn1C1CCCCC1. The van der Waals surface area contributed by atoms with E-state index in [1.807, 2.05) is 28.9 Å². The number of nitrogens with zero attached hydrogens (tertiary/aromatic N) is 2. The summed E-state index contributed by atoms with van der Waals surface area (Å²) in [6, 6.07) is 7.92. The summed E-state index contributed by atoms with van der Waals surface area (Å²) in [6.45, 7) is 1.11. The zero-order valence-electron chi connectivity index (χ0n) is 14.2. The lowest BCUT2D eigenvalue weighted by Gasteiger charge is -2.24. The number of hydrogen-bond donors (Lipinski definition) is 1. The van der Waals surface area contributed by atoms with Gasteiger partial charge in [-0.15, -0.1) is 0 Å². The van der Waals surface area contributed by atoms with Crippen molar-refractivity contribution in [2.75, 3.05) is 18.5 Å². The van der Waals surface area contributed by atoms with Gasteiger partial charge in [-0.05, 0) is 30.5 Å². The van der Waals surface area contributed by atoms with Crippen molar-refractivity contribution in [3.8, 4) is 11.5 Å². The average molecular weight is 341 g/mol. The highest BCUT2D eigenvalue weighted by molar-refractivity contribution is 5.91. The van der Waals surface area contributed by atoms with Crippen molar-refractivity contribution in [1.82, 2.24) is 9.78 Å². The van der Waals surface area contributed by atoms with Crippen LogP contribution < -0.4 is 14.8 Å². The van der Waals surface area contributed by atoms with Gasteiger partial charge in [0, 0.05) is 6.07 Å². The summed E-state index contributed by atoms with van der Waals surface area (Å²) in [6.07, 6.45) is 8.08. The van der Waals surface area contributed by atoms with Gasteiger partial charge in [0.15, 0.2) is 11.5 Å². The quantitative estimate of drug-likeness (QED) is 0.926. The van der Waals surface area contributed by atoms with Gasteiger partial charge < -0.3 is 14.8 Å². The lowest BCUT2D eigenvalue weighted by Crippen LogP contribution is -2.21. The molecular weight excluding hydrogens is 318 g/mol. The Labute approximate surface area is 147 Å². The zero-order chi connectivity index (χ0) is 17.1. The highest BCUT2D eigenvalue weighted by atomic mass is 16.6. The minimum atomic E-state index is -0.0470. The number of nitrogens with one attached hydrogen (secondary N) is 1. The number of carbonyl (C=O) groups is 1. The predicted octanol–water partition coefficient (Wildman–Crippen LogP) is 3.34. The molecule has 1 aromatic heterocycles. The highest BCUT2D eigenvalue weighted by Gasteiger charge is 2.19. The molecule has 132 valence electrons. The number of carbonyl (C=O) groups excluding carboxylic acids is 1. The van der Waals surface area contributed by atoms with Crippen molar-refractivity contribution in [1.29, 1.82) is 0 Å². The van der Waals surface area contributed by atoms with Crippen LogP contribution in [0.1, 0.15) is 43.7 Å². The van der Waals surface area contributed by atoms with Gasteiger partial charge in [-0.2, -0.15) is 5.10 Å². The summed E-state index contributed by atoms with van der Waals surface area (Å²) in [4.78, 5) is 12.5. The van der Waals surface area contributed by atoms with E-state index in [9.17, 15) is 4.79 Å². The lowest BCUT2D eigenvalue weighted by molar-refractivity contribution is -0.115. The third-order valence-corrected chi connectivity index (χ3v) is 4.83. The second-order valence-corrected chi connectivity index (χ2v) is 6.66. The van der Waals surface area contributed by atoms with Crippen molar-refractivity contribution in [2.24, 2.45) is 0 Å². The molecule has 0 saturated heterocycles. The number of aromatic nitrogens is 2. The third kappa shape index (κ3) is 3.62. The third-order valence-electron chi connectivity index (χ3n) is 4.83. The molecule has 1 aliphatic heterocycles. The molecule has 2 heterocycles. The Kier molecular flexibility index (Phi) is 4.59. The van der Waals surface area contributed by atoms with Gasteiger partial charge in [0.2, 0.25) is 5.91 Å².